The largest absolute Gasteiger partial charge is 0.352 e. The number of hydrogen-bond donors (Lipinski definition) is 1. The Kier molecular flexibility index (Phi) is 5.25. The monoisotopic (exact) mass is 406 g/mol. The molecule has 0 radical (unpaired) electrons. The number of piperidine rings is 1. The van der Waals surface area contributed by atoms with E-state index >= 15 is 0 Å². The van der Waals surface area contributed by atoms with Crippen molar-refractivity contribution >= 4 is 37.1 Å². The summed E-state index contributed by atoms with van der Waals surface area (Å²) < 4.78 is 50.1. The summed E-state index contributed by atoms with van der Waals surface area (Å²) in [6.07, 6.45) is 1.66. The first-order valence-corrected chi connectivity index (χ1v) is 12.3. The van der Waals surface area contributed by atoms with Crippen molar-refractivity contribution in [2.24, 2.45) is 5.92 Å². The summed E-state index contributed by atoms with van der Waals surface area (Å²) >= 11 is 1.23. The average Bonchev–Trinajstić information content (AvgIpc) is 3.13. The highest BCUT2D eigenvalue weighted by molar-refractivity contribution is 7.91. The average molecular weight is 407 g/mol. The van der Waals surface area contributed by atoms with E-state index in [4.69, 9.17) is 0 Å². The van der Waals surface area contributed by atoms with Crippen LogP contribution in [0.3, 0.4) is 0 Å². The van der Waals surface area contributed by atoms with Gasteiger partial charge in [-0.2, -0.15) is 4.31 Å². The fraction of sp³-hybridized carbons (Fsp3) is 0.667. The number of nitrogens with one attached hydrogen (secondary N) is 1. The Balaban J connectivity index is 1.66. The summed E-state index contributed by atoms with van der Waals surface area (Å²) in [4.78, 5) is 13.4. The van der Waals surface area contributed by atoms with Gasteiger partial charge in [0.25, 0.3) is 10.0 Å². The van der Waals surface area contributed by atoms with Gasteiger partial charge in [0, 0.05) is 24.0 Å². The lowest BCUT2D eigenvalue weighted by molar-refractivity contribution is -0.126. The van der Waals surface area contributed by atoms with E-state index < -0.39 is 25.8 Å². The van der Waals surface area contributed by atoms with Crippen LogP contribution in [-0.2, 0) is 24.7 Å². The molecular formula is C15H22N2O5S3. The lowest BCUT2D eigenvalue weighted by Gasteiger charge is -2.31. The summed E-state index contributed by atoms with van der Waals surface area (Å²) in [5.74, 6) is -0.611. The normalized spacial score (nSPS) is 27.2. The zero-order valence-corrected chi connectivity index (χ0v) is 16.4. The molecule has 0 aromatic carbocycles. The summed E-state index contributed by atoms with van der Waals surface area (Å²) in [5.41, 5.74) is 0. The van der Waals surface area contributed by atoms with E-state index in [9.17, 15) is 21.6 Å². The van der Waals surface area contributed by atoms with E-state index in [0.717, 1.165) is 4.88 Å². The van der Waals surface area contributed by atoms with E-state index in [2.05, 4.69) is 5.32 Å². The number of rotatable bonds is 4. The minimum Gasteiger partial charge on any atom is -0.352 e. The summed E-state index contributed by atoms with van der Waals surface area (Å²) in [7, 11) is -6.64. The molecular weight excluding hydrogens is 384 g/mol. The van der Waals surface area contributed by atoms with Crippen LogP contribution in [0.4, 0.5) is 0 Å². The first-order valence-electron chi connectivity index (χ1n) is 8.25. The van der Waals surface area contributed by atoms with Gasteiger partial charge in [-0.15, -0.1) is 11.3 Å². The zero-order chi connectivity index (χ0) is 18.2. The quantitative estimate of drug-likeness (QED) is 0.796. The Morgan fingerprint density at radius 1 is 1.32 bits per heavy atom. The van der Waals surface area contributed by atoms with Crippen molar-refractivity contribution in [3.05, 3.63) is 17.0 Å². The van der Waals surface area contributed by atoms with Crippen molar-refractivity contribution in [3.8, 4) is 0 Å². The first kappa shape index (κ1) is 18.8. The second-order valence-corrected chi connectivity index (χ2v) is 12.4. The van der Waals surface area contributed by atoms with Gasteiger partial charge in [0.2, 0.25) is 5.91 Å². The lowest BCUT2D eigenvalue weighted by atomic mass is 9.98. The minimum absolute atomic E-state index is 0.0258. The van der Waals surface area contributed by atoms with E-state index in [1.54, 1.807) is 12.1 Å². The summed E-state index contributed by atoms with van der Waals surface area (Å²) in [6.45, 7) is 2.40. The van der Waals surface area contributed by atoms with Gasteiger partial charge in [-0.1, -0.05) is 0 Å². The number of thiophene rings is 1. The molecule has 1 N–H and O–H groups in total. The molecule has 1 aromatic rings. The molecule has 1 aromatic heterocycles. The molecule has 10 heteroatoms. The van der Waals surface area contributed by atoms with Gasteiger partial charge in [-0.25, -0.2) is 16.8 Å². The van der Waals surface area contributed by atoms with Gasteiger partial charge >= 0.3 is 0 Å². The lowest BCUT2D eigenvalue weighted by Crippen LogP contribution is -2.47. The Morgan fingerprint density at radius 3 is 2.68 bits per heavy atom. The standard InChI is InChI=1S/C15H22N2O5S3/c1-11-4-5-14(23-11)25(21,22)17-7-2-3-12(9-17)15(18)16-13-6-8-24(19,20)10-13/h4-5,12-13H,2-3,6-10H2,1H3,(H,16,18)/t12-,13-/m1/s1. The number of hydrogen-bond acceptors (Lipinski definition) is 6. The molecule has 0 saturated carbocycles. The predicted octanol–water partition coefficient (Wildman–Crippen LogP) is 0.761. The van der Waals surface area contributed by atoms with Gasteiger partial charge in [0.15, 0.2) is 9.84 Å². The molecule has 1 amide bonds. The van der Waals surface area contributed by atoms with Crippen molar-refractivity contribution in [1.82, 2.24) is 9.62 Å². The molecule has 0 aliphatic carbocycles. The van der Waals surface area contributed by atoms with Gasteiger partial charge in [0.05, 0.1) is 17.4 Å². The summed E-state index contributed by atoms with van der Waals surface area (Å²) in [5, 5.41) is 2.78. The number of carbonyl (C=O) groups excluding carboxylic acids is 1. The third kappa shape index (κ3) is 4.24. The van der Waals surface area contributed by atoms with Crippen molar-refractivity contribution in [1.29, 1.82) is 0 Å². The van der Waals surface area contributed by atoms with Crippen LogP contribution in [-0.4, -0.2) is 57.7 Å². The highest BCUT2D eigenvalue weighted by Crippen LogP contribution is 2.28. The molecule has 3 rings (SSSR count). The van der Waals surface area contributed by atoms with E-state index in [1.807, 2.05) is 6.92 Å². The maximum Gasteiger partial charge on any atom is 0.252 e. The SMILES string of the molecule is Cc1ccc(S(=O)(=O)N2CCC[C@@H](C(=O)N[C@@H]3CCS(=O)(=O)C3)C2)s1. The molecule has 7 nitrogen and oxygen atoms in total. The molecule has 140 valence electrons. The first-order chi connectivity index (χ1) is 11.7. The minimum atomic E-state index is -3.58. The third-order valence-electron chi connectivity index (χ3n) is 4.64. The van der Waals surface area contributed by atoms with Gasteiger partial charge in [0.1, 0.15) is 4.21 Å². The molecule has 0 unspecified atom stereocenters. The number of sulfonamides is 1. The number of carbonyl (C=O) groups is 1. The van der Waals surface area contributed by atoms with Crippen molar-refractivity contribution in [3.63, 3.8) is 0 Å². The Morgan fingerprint density at radius 2 is 2.08 bits per heavy atom. The van der Waals surface area contributed by atoms with Crippen molar-refractivity contribution in [2.75, 3.05) is 24.6 Å². The second-order valence-electron chi connectivity index (χ2n) is 6.68. The second kappa shape index (κ2) is 6.98. The van der Waals surface area contributed by atoms with Crippen LogP contribution in [0.1, 0.15) is 24.1 Å². The fourth-order valence-corrected chi connectivity index (χ4v) is 7.92. The van der Waals surface area contributed by atoms with Crippen LogP contribution in [0.25, 0.3) is 0 Å². The topological polar surface area (TPSA) is 101 Å². The van der Waals surface area contributed by atoms with Crippen LogP contribution >= 0.6 is 11.3 Å². The van der Waals surface area contributed by atoms with Crippen LogP contribution in [0.15, 0.2) is 16.3 Å². The molecule has 2 aliphatic rings. The van der Waals surface area contributed by atoms with Crippen LogP contribution in [0.2, 0.25) is 0 Å². The third-order valence-corrected chi connectivity index (χ3v) is 9.74. The molecule has 0 bridgehead atoms. The van der Waals surface area contributed by atoms with Crippen molar-refractivity contribution < 1.29 is 21.6 Å². The van der Waals surface area contributed by atoms with E-state index in [0.29, 0.717) is 30.0 Å². The van der Waals surface area contributed by atoms with Crippen LogP contribution in [0.5, 0.6) is 0 Å². The zero-order valence-electron chi connectivity index (χ0n) is 14.0. The Labute approximate surface area is 152 Å². The Hall–Kier alpha value is -0.970. The maximum absolute atomic E-state index is 12.7. The molecule has 3 heterocycles. The number of aryl methyl sites for hydroxylation is 1. The highest BCUT2D eigenvalue weighted by Gasteiger charge is 2.36. The smallest absolute Gasteiger partial charge is 0.252 e. The molecule has 0 spiro atoms. The Bertz CT molecular complexity index is 859. The van der Waals surface area contributed by atoms with Crippen LogP contribution < -0.4 is 5.32 Å². The van der Waals surface area contributed by atoms with Gasteiger partial charge < -0.3 is 5.32 Å². The number of amides is 1. The fourth-order valence-electron chi connectivity index (χ4n) is 3.28. The van der Waals surface area contributed by atoms with Gasteiger partial charge in [-0.05, 0) is 38.3 Å². The molecule has 2 aliphatic heterocycles. The van der Waals surface area contributed by atoms with Crippen LogP contribution in [0, 0.1) is 12.8 Å². The highest BCUT2D eigenvalue weighted by atomic mass is 32.2. The predicted molar refractivity (Wildman–Crippen MR) is 95.7 cm³/mol. The molecule has 25 heavy (non-hydrogen) atoms. The van der Waals surface area contributed by atoms with Crippen molar-refractivity contribution in [2.45, 2.75) is 36.4 Å². The number of nitrogens with zero attached hydrogens (tertiary/aromatic N) is 1. The molecule has 2 atom stereocenters. The van der Waals surface area contributed by atoms with E-state index in [-0.39, 0.29) is 30.0 Å². The van der Waals surface area contributed by atoms with E-state index in [1.165, 1.54) is 15.6 Å². The molecule has 2 saturated heterocycles. The summed E-state index contributed by atoms with van der Waals surface area (Å²) in [6, 6.07) is 3.01. The van der Waals surface area contributed by atoms with Gasteiger partial charge in [-0.3, -0.25) is 4.79 Å². The number of sulfone groups is 1. The molecule has 2 fully saturated rings. The maximum atomic E-state index is 12.7.